The monoisotopic (exact) mass is 242 g/mol. The largest absolute Gasteiger partial charge is 0.502 e. The van der Waals surface area contributed by atoms with Crippen LogP contribution in [0.5, 0.6) is 0 Å². The van der Waals surface area contributed by atoms with Crippen LogP contribution in [-0.4, -0.2) is 31.8 Å². The zero-order valence-electron chi connectivity index (χ0n) is 12.6. The van der Waals surface area contributed by atoms with E-state index in [-0.39, 0.29) is 5.41 Å². The normalized spacial score (nSPS) is 18.0. The quantitative estimate of drug-likeness (QED) is 0.522. The molecule has 3 nitrogen and oxygen atoms in total. The van der Waals surface area contributed by atoms with E-state index in [1.165, 1.54) is 6.42 Å². The Labute approximate surface area is 107 Å². The summed E-state index contributed by atoms with van der Waals surface area (Å²) in [6, 6.07) is 0.387. The van der Waals surface area contributed by atoms with E-state index < -0.39 is 0 Å². The van der Waals surface area contributed by atoms with Crippen molar-refractivity contribution in [3.63, 3.8) is 0 Å². The first-order valence-electron chi connectivity index (χ1n) is 6.60. The van der Waals surface area contributed by atoms with Crippen molar-refractivity contribution in [2.75, 3.05) is 20.7 Å². The number of allylic oxidation sites excluding steroid dienone is 1. The maximum Gasteiger partial charge on any atom is 0.0890 e. The van der Waals surface area contributed by atoms with Crippen LogP contribution in [0.4, 0.5) is 0 Å². The molecular weight excluding hydrogens is 212 g/mol. The molecule has 0 saturated heterocycles. The molecule has 2 atom stereocenters. The molecule has 0 aliphatic heterocycles. The minimum absolute atomic E-state index is 0.123. The highest BCUT2D eigenvalue weighted by Crippen LogP contribution is 2.31. The standard InChI is InChI=1S/C14H30N2O/c1-8-10-14(5,11-12(3)17-7)13(4)15-16(6)9-2/h11,13,15H,8-10H2,1-7H3. The molecule has 0 heterocycles. The van der Waals surface area contributed by atoms with E-state index in [1.54, 1.807) is 7.11 Å². The number of hydrogen-bond acceptors (Lipinski definition) is 3. The smallest absolute Gasteiger partial charge is 0.0890 e. The van der Waals surface area contributed by atoms with Gasteiger partial charge in [-0.1, -0.05) is 27.2 Å². The predicted molar refractivity (Wildman–Crippen MR) is 74.7 cm³/mol. The van der Waals surface area contributed by atoms with E-state index >= 15 is 0 Å². The van der Waals surface area contributed by atoms with Crippen molar-refractivity contribution >= 4 is 0 Å². The Bertz CT molecular complexity index is 240. The van der Waals surface area contributed by atoms with Crippen LogP contribution < -0.4 is 5.43 Å². The zero-order chi connectivity index (χ0) is 13.5. The first-order chi connectivity index (χ1) is 7.89. The maximum absolute atomic E-state index is 5.29. The average Bonchev–Trinajstić information content (AvgIpc) is 2.28. The molecule has 0 amide bonds. The van der Waals surface area contributed by atoms with Gasteiger partial charge in [-0.05, 0) is 26.3 Å². The molecule has 0 aliphatic rings. The van der Waals surface area contributed by atoms with Crippen LogP contribution in [-0.2, 0) is 4.74 Å². The van der Waals surface area contributed by atoms with Gasteiger partial charge in [0, 0.05) is 25.0 Å². The summed E-state index contributed by atoms with van der Waals surface area (Å²) in [5.41, 5.74) is 3.64. The Morgan fingerprint density at radius 3 is 2.47 bits per heavy atom. The first kappa shape index (κ1) is 16.5. The second-order valence-corrected chi connectivity index (χ2v) is 5.08. The third kappa shape index (κ3) is 5.55. The van der Waals surface area contributed by atoms with Crippen molar-refractivity contribution < 1.29 is 4.74 Å². The lowest BCUT2D eigenvalue weighted by atomic mass is 9.78. The van der Waals surface area contributed by atoms with Crippen molar-refractivity contribution in [1.82, 2.24) is 10.4 Å². The lowest BCUT2D eigenvalue weighted by Gasteiger charge is -2.36. The molecule has 3 heteroatoms. The minimum atomic E-state index is 0.123. The van der Waals surface area contributed by atoms with Gasteiger partial charge in [-0.2, -0.15) is 0 Å². The van der Waals surface area contributed by atoms with Gasteiger partial charge in [0.1, 0.15) is 0 Å². The molecule has 102 valence electrons. The Morgan fingerprint density at radius 2 is 2.06 bits per heavy atom. The van der Waals surface area contributed by atoms with Crippen molar-refractivity contribution in [3.8, 4) is 0 Å². The summed E-state index contributed by atoms with van der Waals surface area (Å²) in [6.07, 6.45) is 4.57. The van der Waals surface area contributed by atoms with Gasteiger partial charge < -0.3 is 4.74 Å². The molecule has 0 aliphatic carbocycles. The van der Waals surface area contributed by atoms with E-state index in [1.807, 2.05) is 6.92 Å². The molecule has 0 radical (unpaired) electrons. The van der Waals surface area contributed by atoms with Crippen molar-refractivity contribution in [3.05, 3.63) is 11.8 Å². The minimum Gasteiger partial charge on any atom is -0.502 e. The van der Waals surface area contributed by atoms with E-state index in [4.69, 9.17) is 4.74 Å². The lowest BCUT2D eigenvalue weighted by Crippen LogP contribution is -2.48. The third-order valence-corrected chi connectivity index (χ3v) is 3.52. The highest BCUT2D eigenvalue weighted by Gasteiger charge is 2.29. The van der Waals surface area contributed by atoms with Crippen LogP contribution in [0.3, 0.4) is 0 Å². The second kappa shape index (κ2) is 7.72. The molecule has 0 bridgehead atoms. The van der Waals surface area contributed by atoms with Crippen LogP contribution in [0, 0.1) is 5.41 Å². The highest BCUT2D eigenvalue weighted by atomic mass is 16.5. The average molecular weight is 242 g/mol. The molecular formula is C14H30N2O. The molecule has 0 aromatic heterocycles. The molecule has 0 saturated carbocycles. The summed E-state index contributed by atoms with van der Waals surface area (Å²) < 4.78 is 5.29. The van der Waals surface area contributed by atoms with Crippen molar-refractivity contribution in [2.45, 2.75) is 53.5 Å². The summed E-state index contributed by atoms with van der Waals surface area (Å²) in [7, 11) is 3.81. The fraction of sp³-hybridized carbons (Fsp3) is 0.857. The maximum atomic E-state index is 5.29. The SMILES string of the molecule is CCCC(C)(C=C(C)OC)C(C)NN(C)CC. The van der Waals surface area contributed by atoms with E-state index in [2.05, 4.69) is 51.3 Å². The van der Waals surface area contributed by atoms with E-state index in [0.717, 1.165) is 18.7 Å². The zero-order valence-corrected chi connectivity index (χ0v) is 12.6. The molecule has 0 rings (SSSR count). The van der Waals surface area contributed by atoms with Crippen LogP contribution in [0.15, 0.2) is 11.8 Å². The number of hydrogen-bond donors (Lipinski definition) is 1. The van der Waals surface area contributed by atoms with Crippen LogP contribution in [0.2, 0.25) is 0 Å². The Kier molecular flexibility index (Phi) is 7.48. The summed E-state index contributed by atoms with van der Waals surface area (Å²) >= 11 is 0. The van der Waals surface area contributed by atoms with Gasteiger partial charge in [-0.25, -0.2) is 5.01 Å². The number of ether oxygens (including phenoxy) is 1. The summed E-state index contributed by atoms with van der Waals surface area (Å²) in [6.45, 7) is 11.9. The number of nitrogens with one attached hydrogen (secondary N) is 1. The van der Waals surface area contributed by atoms with Crippen LogP contribution in [0.25, 0.3) is 0 Å². The van der Waals surface area contributed by atoms with Crippen LogP contribution in [0.1, 0.15) is 47.5 Å². The lowest BCUT2D eigenvalue weighted by molar-refractivity contribution is 0.142. The van der Waals surface area contributed by atoms with Gasteiger partial charge in [0.05, 0.1) is 12.9 Å². The summed E-state index contributed by atoms with van der Waals surface area (Å²) in [5, 5.41) is 2.13. The van der Waals surface area contributed by atoms with Gasteiger partial charge in [-0.15, -0.1) is 0 Å². The number of rotatable bonds is 8. The van der Waals surface area contributed by atoms with Gasteiger partial charge in [0.2, 0.25) is 0 Å². The molecule has 0 aromatic carbocycles. The topological polar surface area (TPSA) is 24.5 Å². The molecule has 2 unspecified atom stereocenters. The van der Waals surface area contributed by atoms with E-state index in [9.17, 15) is 0 Å². The molecule has 17 heavy (non-hydrogen) atoms. The molecule has 0 spiro atoms. The Balaban J connectivity index is 4.80. The summed E-state index contributed by atoms with van der Waals surface area (Å²) in [4.78, 5) is 0. The van der Waals surface area contributed by atoms with Gasteiger partial charge in [0.25, 0.3) is 0 Å². The second-order valence-electron chi connectivity index (χ2n) is 5.08. The van der Waals surface area contributed by atoms with Gasteiger partial charge in [-0.3, -0.25) is 5.43 Å². The highest BCUT2D eigenvalue weighted by molar-refractivity contribution is 5.05. The number of hydrazine groups is 1. The Morgan fingerprint density at radius 1 is 1.47 bits per heavy atom. The van der Waals surface area contributed by atoms with Gasteiger partial charge in [0.15, 0.2) is 0 Å². The fourth-order valence-electron chi connectivity index (χ4n) is 2.04. The molecule has 0 aromatic rings. The molecule has 1 N–H and O–H groups in total. The Hall–Kier alpha value is -0.540. The first-order valence-corrected chi connectivity index (χ1v) is 6.60. The van der Waals surface area contributed by atoms with Crippen molar-refractivity contribution in [1.29, 1.82) is 0 Å². The van der Waals surface area contributed by atoms with Crippen molar-refractivity contribution in [2.24, 2.45) is 5.41 Å². The third-order valence-electron chi connectivity index (χ3n) is 3.52. The molecule has 0 fully saturated rings. The number of methoxy groups -OCH3 is 1. The number of nitrogens with zero attached hydrogens (tertiary/aromatic N) is 1. The van der Waals surface area contributed by atoms with E-state index in [0.29, 0.717) is 6.04 Å². The van der Waals surface area contributed by atoms with Gasteiger partial charge >= 0.3 is 0 Å². The fourth-order valence-corrected chi connectivity index (χ4v) is 2.04. The summed E-state index contributed by atoms with van der Waals surface area (Å²) in [5.74, 6) is 0.994. The predicted octanol–water partition coefficient (Wildman–Crippen LogP) is 3.19. The van der Waals surface area contributed by atoms with Crippen LogP contribution >= 0.6 is 0 Å².